The molecule has 5 N–H and O–H groups in total. The van der Waals surface area contributed by atoms with E-state index < -0.39 is 29.6 Å². The lowest BCUT2D eigenvalue weighted by atomic mass is 10.0. The molecular formula is C26H29FN6O4S. The molecule has 2 aromatic carbocycles. The van der Waals surface area contributed by atoms with Gasteiger partial charge < -0.3 is 26.4 Å². The number of nitrogens with one attached hydrogen (secondary N) is 1. The van der Waals surface area contributed by atoms with Crippen LogP contribution in [0, 0.1) is 5.82 Å². The number of ether oxygens (including phenoxy) is 1. The van der Waals surface area contributed by atoms with E-state index in [2.05, 4.69) is 9.69 Å². The zero-order valence-electron chi connectivity index (χ0n) is 21.0. The van der Waals surface area contributed by atoms with Crippen LogP contribution in [0.4, 0.5) is 21.5 Å². The number of nitrogens with two attached hydrogens (primary N) is 2. The maximum atomic E-state index is 15.2. The molecule has 2 heterocycles. The average molecular weight is 541 g/mol. The van der Waals surface area contributed by atoms with Gasteiger partial charge in [0.25, 0.3) is 11.8 Å². The summed E-state index contributed by atoms with van der Waals surface area (Å²) in [4.78, 5) is 42.3. The number of hydrogen-bond donors (Lipinski definition) is 3. The van der Waals surface area contributed by atoms with Crippen LogP contribution in [-0.2, 0) is 9.53 Å². The van der Waals surface area contributed by atoms with Gasteiger partial charge in [0.05, 0.1) is 17.5 Å². The van der Waals surface area contributed by atoms with E-state index in [1.54, 1.807) is 30.3 Å². The molecule has 0 radical (unpaired) electrons. The third-order valence-corrected chi connectivity index (χ3v) is 7.10. The monoisotopic (exact) mass is 540 g/mol. The van der Waals surface area contributed by atoms with Crippen molar-refractivity contribution >= 4 is 46.3 Å². The van der Waals surface area contributed by atoms with Crippen molar-refractivity contribution < 1.29 is 23.5 Å². The average Bonchev–Trinajstić information content (AvgIpc) is 3.56. The largest absolute Gasteiger partial charge is 0.395 e. The highest BCUT2D eigenvalue weighted by Crippen LogP contribution is 2.35. The quantitative estimate of drug-likeness (QED) is 0.379. The first-order chi connectivity index (χ1) is 18.2. The van der Waals surface area contributed by atoms with E-state index >= 15 is 4.39 Å². The Balaban J connectivity index is 1.83. The molecule has 1 aliphatic rings. The van der Waals surface area contributed by atoms with Crippen LogP contribution in [0.1, 0.15) is 44.6 Å². The van der Waals surface area contributed by atoms with Gasteiger partial charge in [-0.3, -0.25) is 19.3 Å². The fraction of sp³-hybridized carbons (Fsp3) is 0.308. The summed E-state index contributed by atoms with van der Waals surface area (Å²) >= 11 is 0.658. The Bertz CT molecular complexity index is 1320. The number of aromatic nitrogens is 1. The second-order valence-electron chi connectivity index (χ2n) is 9.03. The summed E-state index contributed by atoms with van der Waals surface area (Å²) in [7, 11) is 3.75. The SMILES string of the molecule is CN(C)c1ccc([C@H](C(=O)NC[C@@H]2CCCO2)N(C(=O)c2snc(C(N)=O)c2N)c2ccccc2F)cc1. The van der Waals surface area contributed by atoms with Crippen molar-refractivity contribution in [3.63, 3.8) is 0 Å². The molecule has 1 saturated heterocycles. The van der Waals surface area contributed by atoms with Gasteiger partial charge in [-0.25, -0.2) is 4.39 Å². The molecule has 0 spiro atoms. The predicted octanol–water partition coefficient (Wildman–Crippen LogP) is 2.71. The van der Waals surface area contributed by atoms with Gasteiger partial charge in [-0.05, 0) is 54.2 Å². The van der Waals surface area contributed by atoms with Crippen LogP contribution in [0.2, 0.25) is 0 Å². The Hall–Kier alpha value is -4.03. The Morgan fingerprint density at radius 1 is 1.18 bits per heavy atom. The van der Waals surface area contributed by atoms with Crippen LogP contribution < -0.4 is 26.6 Å². The number of nitrogen functional groups attached to an aromatic ring is 1. The Labute approximate surface area is 223 Å². The molecule has 4 rings (SSSR count). The topological polar surface area (TPSA) is 144 Å². The first kappa shape index (κ1) is 27.0. The molecule has 0 saturated carbocycles. The van der Waals surface area contributed by atoms with Crippen molar-refractivity contribution in [3.8, 4) is 0 Å². The minimum absolute atomic E-state index is 0.135. The van der Waals surface area contributed by atoms with Crippen LogP contribution in [0.3, 0.4) is 0 Å². The molecule has 12 heteroatoms. The summed E-state index contributed by atoms with van der Waals surface area (Å²) in [6, 6.07) is 11.3. The van der Waals surface area contributed by atoms with E-state index in [9.17, 15) is 14.4 Å². The predicted molar refractivity (Wildman–Crippen MR) is 144 cm³/mol. The van der Waals surface area contributed by atoms with Gasteiger partial charge in [0, 0.05) is 32.9 Å². The van der Waals surface area contributed by atoms with Gasteiger partial charge in [0.15, 0.2) is 5.69 Å². The molecule has 0 aliphatic carbocycles. The molecule has 1 aliphatic heterocycles. The number of para-hydroxylation sites is 1. The van der Waals surface area contributed by atoms with Crippen molar-refractivity contribution in [1.82, 2.24) is 9.69 Å². The lowest BCUT2D eigenvalue weighted by molar-refractivity contribution is -0.123. The number of halogens is 1. The number of nitrogens with zero attached hydrogens (tertiary/aromatic N) is 3. The molecule has 10 nitrogen and oxygen atoms in total. The summed E-state index contributed by atoms with van der Waals surface area (Å²) in [5, 5.41) is 2.87. The number of primary amides is 1. The summed E-state index contributed by atoms with van der Waals surface area (Å²) in [5.41, 5.74) is 12.1. The van der Waals surface area contributed by atoms with E-state index in [1.807, 2.05) is 19.0 Å². The molecule has 38 heavy (non-hydrogen) atoms. The van der Waals surface area contributed by atoms with E-state index in [0.29, 0.717) is 23.7 Å². The summed E-state index contributed by atoms with van der Waals surface area (Å²) in [6.45, 7) is 0.849. The minimum Gasteiger partial charge on any atom is -0.395 e. The van der Waals surface area contributed by atoms with Crippen LogP contribution in [-0.4, -0.2) is 55.4 Å². The first-order valence-electron chi connectivity index (χ1n) is 12.0. The lowest BCUT2D eigenvalue weighted by Crippen LogP contribution is -2.46. The van der Waals surface area contributed by atoms with Gasteiger partial charge in [-0.1, -0.05) is 24.3 Å². The van der Waals surface area contributed by atoms with Crippen LogP contribution in [0.5, 0.6) is 0 Å². The smallest absolute Gasteiger partial charge is 0.273 e. The first-order valence-corrected chi connectivity index (χ1v) is 12.8. The van der Waals surface area contributed by atoms with E-state index in [1.165, 1.54) is 18.2 Å². The number of benzene rings is 2. The van der Waals surface area contributed by atoms with Gasteiger partial charge in [-0.15, -0.1) is 0 Å². The maximum absolute atomic E-state index is 15.2. The zero-order chi connectivity index (χ0) is 27.4. The molecule has 2 atom stereocenters. The Morgan fingerprint density at radius 3 is 2.47 bits per heavy atom. The summed E-state index contributed by atoms with van der Waals surface area (Å²) in [6.07, 6.45) is 1.54. The van der Waals surface area contributed by atoms with Gasteiger partial charge >= 0.3 is 0 Å². The number of rotatable bonds is 9. The fourth-order valence-electron chi connectivity index (χ4n) is 4.24. The second kappa shape index (κ2) is 11.6. The van der Waals surface area contributed by atoms with E-state index in [0.717, 1.165) is 23.4 Å². The molecule has 200 valence electrons. The Kier molecular flexibility index (Phi) is 8.23. The van der Waals surface area contributed by atoms with Crippen LogP contribution in [0.15, 0.2) is 48.5 Å². The normalized spacial score (nSPS) is 15.6. The van der Waals surface area contributed by atoms with Crippen molar-refractivity contribution in [2.45, 2.75) is 25.0 Å². The Morgan fingerprint density at radius 2 is 1.89 bits per heavy atom. The molecule has 0 unspecified atom stereocenters. The highest BCUT2D eigenvalue weighted by molar-refractivity contribution is 7.09. The third-order valence-electron chi connectivity index (χ3n) is 6.25. The fourth-order valence-corrected chi connectivity index (χ4v) is 4.98. The highest BCUT2D eigenvalue weighted by Gasteiger charge is 2.37. The molecule has 3 amide bonds. The van der Waals surface area contributed by atoms with Gasteiger partial charge in [-0.2, -0.15) is 4.37 Å². The zero-order valence-corrected chi connectivity index (χ0v) is 21.8. The molecular weight excluding hydrogens is 511 g/mol. The minimum atomic E-state index is -1.28. The lowest BCUT2D eigenvalue weighted by Gasteiger charge is -2.32. The number of carbonyl (C=O) groups excluding carboxylic acids is 3. The van der Waals surface area contributed by atoms with Crippen molar-refractivity contribution in [3.05, 3.63) is 70.5 Å². The van der Waals surface area contributed by atoms with Crippen molar-refractivity contribution in [2.24, 2.45) is 5.73 Å². The highest BCUT2D eigenvalue weighted by atomic mass is 32.1. The van der Waals surface area contributed by atoms with Crippen molar-refractivity contribution in [1.29, 1.82) is 0 Å². The summed E-state index contributed by atoms with van der Waals surface area (Å²) < 4.78 is 24.8. The van der Waals surface area contributed by atoms with E-state index in [4.69, 9.17) is 16.2 Å². The standard InChI is InChI=1S/C26H29FN6O4S/c1-32(2)16-11-9-15(10-12-16)22(25(35)30-14-17-6-5-13-37-17)33(19-8-4-3-7-18(19)27)26(36)23-20(28)21(24(29)34)31-38-23/h3-4,7-12,17,22H,5-6,13-14,28H2,1-2H3,(H2,29,34)(H,30,35)/t17-,22+/m0/s1. The number of anilines is 3. The van der Waals surface area contributed by atoms with Crippen LogP contribution >= 0.6 is 11.5 Å². The molecule has 1 fully saturated rings. The molecule has 3 aromatic rings. The number of carbonyl (C=O) groups is 3. The van der Waals surface area contributed by atoms with Crippen molar-refractivity contribution in [2.75, 3.05) is 42.8 Å². The summed E-state index contributed by atoms with van der Waals surface area (Å²) in [5.74, 6) is -2.96. The number of amides is 3. The molecule has 1 aromatic heterocycles. The van der Waals surface area contributed by atoms with E-state index in [-0.39, 0.29) is 34.6 Å². The molecule has 0 bridgehead atoms. The maximum Gasteiger partial charge on any atom is 0.273 e. The van der Waals surface area contributed by atoms with Gasteiger partial charge in [0.2, 0.25) is 5.91 Å². The second-order valence-corrected chi connectivity index (χ2v) is 9.81. The third kappa shape index (κ3) is 5.60. The van der Waals surface area contributed by atoms with Crippen LogP contribution in [0.25, 0.3) is 0 Å². The van der Waals surface area contributed by atoms with Gasteiger partial charge in [0.1, 0.15) is 16.7 Å². The number of hydrogen-bond acceptors (Lipinski definition) is 8.